The average molecular weight is 256 g/mol. The van der Waals surface area contributed by atoms with Crippen LogP contribution in [0.15, 0.2) is 36.7 Å². The van der Waals surface area contributed by atoms with Gasteiger partial charge in [0.1, 0.15) is 0 Å². The fourth-order valence-corrected chi connectivity index (χ4v) is 2.98. The van der Waals surface area contributed by atoms with E-state index in [-0.39, 0.29) is 0 Å². The largest absolute Gasteiger partial charge is 0.379 e. The van der Waals surface area contributed by atoms with Gasteiger partial charge in [-0.2, -0.15) is 0 Å². The van der Waals surface area contributed by atoms with Gasteiger partial charge in [0, 0.05) is 30.6 Å². The van der Waals surface area contributed by atoms with Crippen LogP contribution in [0.3, 0.4) is 0 Å². The Bertz CT molecular complexity index is 550. The summed E-state index contributed by atoms with van der Waals surface area (Å²) in [5, 5.41) is 6.07. The summed E-state index contributed by atoms with van der Waals surface area (Å²) in [4.78, 5) is 4.23. The second kappa shape index (κ2) is 5.57. The van der Waals surface area contributed by atoms with Crippen LogP contribution in [0.25, 0.3) is 10.8 Å². The Labute approximate surface area is 114 Å². The molecule has 0 aliphatic heterocycles. The van der Waals surface area contributed by atoms with Gasteiger partial charge in [-0.15, -0.1) is 0 Å². The number of pyridine rings is 1. The minimum atomic E-state index is 0.320. The number of hydrogen-bond acceptors (Lipinski definition) is 3. The number of fused-ring (bicyclic) bond motifs is 1. The number of rotatable bonds is 3. The SMILES string of the molecule is COC1CCCCC1Nc1cccc2ccncc12. The van der Waals surface area contributed by atoms with Crippen LogP contribution in [0.5, 0.6) is 0 Å². The molecule has 0 amide bonds. The fourth-order valence-electron chi connectivity index (χ4n) is 2.98. The molecule has 1 aromatic carbocycles. The Morgan fingerprint density at radius 3 is 3.00 bits per heavy atom. The first-order valence-corrected chi connectivity index (χ1v) is 7.00. The fraction of sp³-hybridized carbons (Fsp3) is 0.438. The number of nitrogens with zero attached hydrogens (tertiary/aromatic N) is 1. The second-order valence-electron chi connectivity index (χ2n) is 5.21. The molecule has 1 aliphatic rings. The van der Waals surface area contributed by atoms with E-state index in [0.717, 1.165) is 6.42 Å². The van der Waals surface area contributed by atoms with Crippen LogP contribution < -0.4 is 5.32 Å². The third-order valence-electron chi connectivity index (χ3n) is 4.03. The van der Waals surface area contributed by atoms with Crippen molar-refractivity contribution >= 4 is 16.5 Å². The standard InChI is InChI=1S/C16H20N2O/c1-19-16-8-3-2-6-15(16)18-14-7-4-5-12-9-10-17-11-13(12)14/h4-5,7,9-11,15-16,18H,2-3,6,8H2,1H3. The zero-order valence-electron chi connectivity index (χ0n) is 11.3. The average Bonchev–Trinajstić information content (AvgIpc) is 2.48. The molecule has 1 aliphatic carbocycles. The topological polar surface area (TPSA) is 34.1 Å². The highest BCUT2D eigenvalue weighted by Crippen LogP contribution is 2.28. The Balaban J connectivity index is 1.88. The molecule has 2 aromatic rings. The van der Waals surface area contributed by atoms with Crippen molar-refractivity contribution in [2.24, 2.45) is 0 Å². The monoisotopic (exact) mass is 256 g/mol. The van der Waals surface area contributed by atoms with Gasteiger partial charge in [-0.05, 0) is 30.4 Å². The molecule has 1 saturated carbocycles. The summed E-state index contributed by atoms with van der Waals surface area (Å²) >= 11 is 0. The summed E-state index contributed by atoms with van der Waals surface area (Å²) in [6, 6.07) is 8.80. The summed E-state index contributed by atoms with van der Waals surface area (Å²) < 4.78 is 5.61. The summed E-state index contributed by atoms with van der Waals surface area (Å²) in [5.41, 5.74) is 1.17. The van der Waals surface area contributed by atoms with E-state index in [1.807, 2.05) is 19.5 Å². The summed E-state index contributed by atoms with van der Waals surface area (Å²) in [6.45, 7) is 0. The van der Waals surface area contributed by atoms with E-state index in [1.54, 1.807) is 0 Å². The molecule has 2 atom stereocenters. The van der Waals surface area contributed by atoms with Gasteiger partial charge in [0.15, 0.2) is 0 Å². The lowest BCUT2D eigenvalue weighted by Gasteiger charge is -2.32. The van der Waals surface area contributed by atoms with Crippen LogP contribution in [-0.2, 0) is 4.74 Å². The van der Waals surface area contributed by atoms with Gasteiger partial charge in [0.05, 0.1) is 12.1 Å². The van der Waals surface area contributed by atoms with Crippen LogP contribution in [0.2, 0.25) is 0 Å². The van der Waals surface area contributed by atoms with Crippen molar-refractivity contribution in [3.05, 3.63) is 36.7 Å². The number of aromatic nitrogens is 1. The first-order valence-electron chi connectivity index (χ1n) is 7.00. The number of anilines is 1. The summed E-state index contributed by atoms with van der Waals surface area (Å²) in [7, 11) is 1.81. The molecule has 0 bridgehead atoms. The zero-order chi connectivity index (χ0) is 13.1. The molecule has 3 heteroatoms. The predicted octanol–water partition coefficient (Wildman–Crippen LogP) is 3.60. The minimum absolute atomic E-state index is 0.320. The molecule has 0 spiro atoms. The van der Waals surface area contributed by atoms with E-state index in [1.165, 1.54) is 35.7 Å². The highest BCUT2D eigenvalue weighted by molar-refractivity contribution is 5.93. The Morgan fingerprint density at radius 1 is 1.21 bits per heavy atom. The molecule has 1 aromatic heterocycles. The van der Waals surface area contributed by atoms with Crippen LogP contribution >= 0.6 is 0 Å². The first-order chi connectivity index (χ1) is 9.38. The second-order valence-corrected chi connectivity index (χ2v) is 5.21. The quantitative estimate of drug-likeness (QED) is 0.911. The van der Waals surface area contributed by atoms with Gasteiger partial charge >= 0.3 is 0 Å². The Kier molecular flexibility index (Phi) is 3.65. The van der Waals surface area contributed by atoms with Gasteiger partial charge < -0.3 is 10.1 Å². The Morgan fingerprint density at radius 2 is 2.11 bits per heavy atom. The van der Waals surface area contributed by atoms with E-state index >= 15 is 0 Å². The molecule has 0 radical (unpaired) electrons. The van der Waals surface area contributed by atoms with Gasteiger partial charge in [0.2, 0.25) is 0 Å². The molecular formula is C16H20N2O. The van der Waals surface area contributed by atoms with Gasteiger partial charge in [-0.1, -0.05) is 25.0 Å². The van der Waals surface area contributed by atoms with Gasteiger partial charge in [-0.3, -0.25) is 4.98 Å². The zero-order valence-corrected chi connectivity index (χ0v) is 11.3. The number of benzene rings is 1. The van der Waals surface area contributed by atoms with Crippen LogP contribution in [0.4, 0.5) is 5.69 Å². The molecule has 3 nitrogen and oxygen atoms in total. The molecular weight excluding hydrogens is 236 g/mol. The van der Waals surface area contributed by atoms with E-state index in [9.17, 15) is 0 Å². The third-order valence-corrected chi connectivity index (χ3v) is 4.03. The summed E-state index contributed by atoms with van der Waals surface area (Å²) in [5.74, 6) is 0. The molecule has 1 heterocycles. The van der Waals surface area contributed by atoms with Crippen molar-refractivity contribution in [2.75, 3.05) is 12.4 Å². The van der Waals surface area contributed by atoms with Crippen molar-refractivity contribution in [1.29, 1.82) is 0 Å². The third kappa shape index (κ3) is 2.56. The number of ether oxygens (including phenoxy) is 1. The molecule has 0 saturated heterocycles. The lowest BCUT2D eigenvalue weighted by Crippen LogP contribution is -2.37. The molecule has 1 fully saturated rings. The van der Waals surface area contributed by atoms with Crippen molar-refractivity contribution in [2.45, 2.75) is 37.8 Å². The van der Waals surface area contributed by atoms with E-state index in [4.69, 9.17) is 4.74 Å². The first kappa shape index (κ1) is 12.4. The molecule has 100 valence electrons. The van der Waals surface area contributed by atoms with Crippen LogP contribution in [0, 0.1) is 0 Å². The van der Waals surface area contributed by atoms with E-state index < -0.39 is 0 Å². The van der Waals surface area contributed by atoms with Crippen LogP contribution in [0.1, 0.15) is 25.7 Å². The number of nitrogens with one attached hydrogen (secondary N) is 1. The maximum atomic E-state index is 5.61. The Hall–Kier alpha value is -1.61. The molecule has 1 N–H and O–H groups in total. The highest BCUT2D eigenvalue weighted by atomic mass is 16.5. The van der Waals surface area contributed by atoms with Crippen molar-refractivity contribution in [3.63, 3.8) is 0 Å². The van der Waals surface area contributed by atoms with Crippen molar-refractivity contribution in [3.8, 4) is 0 Å². The predicted molar refractivity (Wildman–Crippen MR) is 78.4 cm³/mol. The molecule has 19 heavy (non-hydrogen) atoms. The molecule has 3 rings (SSSR count). The number of hydrogen-bond donors (Lipinski definition) is 1. The van der Waals surface area contributed by atoms with E-state index in [2.05, 4.69) is 34.6 Å². The molecule has 2 unspecified atom stereocenters. The normalized spacial score (nSPS) is 23.4. The number of methoxy groups -OCH3 is 1. The maximum absolute atomic E-state index is 5.61. The lowest BCUT2D eigenvalue weighted by atomic mass is 9.92. The van der Waals surface area contributed by atoms with Crippen LogP contribution in [-0.4, -0.2) is 24.2 Å². The van der Waals surface area contributed by atoms with Crippen molar-refractivity contribution in [1.82, 2.24) is 4.98 Å². The van der Waals surface area contributed by atoms with Gasteiger partial charge in [-0.25, -0.2) is 0 Å². The van der Waals surface area contributed by atoms with Gasteiger partial charge in [0.25, 0.3) is 0 Å². The minimum Gasteiger partial charge on any atom is -0.379 e. The van der Waals surface area contributed by atoms with Crippen molar-refractivity contribution < 1.29 is 4.74 Å². The smallest absolute Gasteiger partial charge is 0.0772 e. The summed E-state index contributed by atoms with van der Waals surface area (Å²) in [6.07, 6.45) is 8.97. The maximum Gasteiger partial charge on any atom is 0.0772 e. The lowest BCUT2D eigenvalue weighted by molar-refractivity contribution is 0.0606. The van der Waals surface area contributed by atoms with E-state index in [0.29, 0.717) is 12.1 Å². The highest BCUT2D eigenvalue weighted by Gasteiger charge is 2.24.